The molecule has 0 rings (SSSR count). The second kappa shape index (κ2) is 5.78. The molecular weight excluding hydrogens is 206 g/mol. The van der Waals surface area contributed by atoms with E-state index in [0.29, 0.717) is 5.75 Å². The van der Waals surface area contributed by atoms with Crippen LogP contribution in [0.3, 0.4) is 0 Å². The maximum atomic E-state index is 10.9. The molecule has 5 heteroatoms. The van der Waals surface area contributed by atoms with Crippen LogP contribution in [0.15, 0.2) is 0 Å². The summed E-state index contributed by atoms with van der Waals surface area (Å²) in [6.07, 6.45) is 0. The smallest absolute Gasteiger partial charge is 0.323 e. The van der Waals surface area contributed by atoms with Crippen LogP contribution in [0.4, 0.5) is 0 Å². The Labute approximate surface area is 87.6 Å². The van der Waals surface area contributed by atoms with E-state index in [-0.39, 0.29) is 10.7 Å². The summed E-state index contributed by atoms with van der Waals surface area (Å²) in [5, 5.41) is 0. The van der Waals surface area contributed by atoms with Crippen LogP contribution in [-0.2, 0) is 9.53 Å². The minimum atomic E-state index is -0.509. The minimum Gasteiger partial charge on any atom is -0.468 e. The topological polar surface area (TPSA) is 52.3 Å². The molecule has 0 amide bonds. The Morgan fingerprint density at radius 2 is 2.08 bits per heavy atom. The van der Waals surface area contributed by atoms with E-state index in [0.717, 1.165) is 0 Å². The van der Waals surface area contributed by atoms with Gasteiger partial charge in [-0.15, -0.1) is 0 Å². The molecule has 13 heavy (non-hydrogen) atoms. The molecule has 0 aliphatic heterocycles. The van der Waals surface area contributed by atoms with E-state index in [9.17, 15) is 4.79 Å². The van der Waals surface area contributed by atoms with E-state index in [2.05, 4.69) is 25.5 Å². The Kier molecular flexibility index (Phi) is 5.83. The Morgan fingerprint density at radius 1 is 1.54 bits per heavy atom. The fourth-order valence-corrected chi connectivity index (χ4v) is 2.91. The van der Waals surface area contributed by atoms with Crippen LogP contribution in [0.5, 0.6) is 0 Å². The largest absolute Gasteiger partial charge is 0.468 e. The van der Waals surface area contributed by atoms with Gasteiger partial charge in [-0.2, -0.15) is 0 Å². The zero-order valence-corrected chi connectivity index (χ0v) is 10.1. The number of rotatable bonds is 4. The van der Waals surface area contributed by atoms with Gasteiger partial charge < -0.3 is 10.5 Å². The second-order valence-electron chi connectivity index (χ2n) is 3.61. The van der Waals surface area contributed by atoms with Gasteiger partial charge in [-0.3, -0.25) is 4.79 Å². The molecule has 0 unspecified atom stereocenters. The average molecular weight is 223 g/mol. The highest BCUT2D eigenvalue weighted by Crippen LogP contribution is 2.35. The molecule has 2 N–H and O–H groups in total. The Bertz CT molecular complexity index is 168. The van der Waals surface area contributed by atoms with Gasteiger partial charge in [0.2, 0.25) is 0 Å². The highest BCUT2D eigenvalue weighted by Gasteiger charge is 2.16. The van der Waals surface area contributed by atoms with Crippen LogP contribution in [0.25, 0.3) is 0 Å². The quantitative estimate of drug-likeness (QED) is 0.580. The molecule has 0 radical (unpaired) electrons. The predicted octanol–water partition coefficient (Wildman–Crippen LogP) is 1.67. The highest BCUT2D eigenvalue weighted by atomic mass is 33.1. The lowest BCUT2D eigenvalue weighted by Crippen LogP contribution is -2.33. The first-order valence-corrected chi connectivity index (χ1v) is 6.33. The Hall–Kier alpha value is 0.130. The number of methoxy groups -OCH3 is 1. The molecule has 3 nitrogen and oxygen atoms in total. The molecule has 0 fully saturated rings. The van der Waals surface area contributed by atoms with Crippen LogP contribution >= 0.6 is 21.6 Å². The summed E-state index contributed by atoms with van der Waals surface area (Å²) in [7, 11) is 4.67. The average Bonchev–Trinajstić information content (AvgIpc) is 2.00. The monoisotopic (exact) mass is 223 g/mol. The first kappa shape index (κ1) is 13.1. The molecule has 0 aromatic rings. The number of carbonyl (C=O) groups is 1. The SMILES string of the molecule is COC(=O)[C@@H](N)CSSC(C)(C)C. The van der Waals surface area contributed by atoms with Gasteiger partial charge in [0.1, 0.15) is 6.04 Å². The maximum Gasteiger partial charge on any atom is 0.323 e. The molecule has 0 aliphatic carbocycles. The van der Waals surface area contributed by atoms with Gasteiger partial charge in [0.25, 0.3) is 0 Å². The minimum absolute atomic E-state index is 0.195. The molecule has 0 spiro atoms. The summed E-state index contributed by atoms with van der Waals surface area (Å²) in [4.78, 5) is 10.9. The van der Waals surface area contributed by atoms with E-state index < -0.39 is 6.04 Å². The fourth-order valence-electron chi connectivity index (χ4n) is 0.504. The Morgan fingerprint density at radius 3 is 2.46 bits per heavy atom. The van der Waals surface area contributed by atoms with Crippen LogP contribution in [-0.4, -0.2) is 29.6 Å². The van der Waals surface area contributed by atoms with Crippen molar-refractivity contribution in [2.24, 2.45) is 5.73 Å². The van der Waals surface area contributed by atoms with Gasteiger partial charge in [-0.1, -0.05) is 42.4 Å². The number of hydrogen-bond acceptors (Lipinski definition) is 5. The number of esters is 1. The molecule has 78 valence electrons. The van der Waals surface area contributed by atoms with E-state index in [4.69, 9.17) is 5.73 Å². The first-order chi connectivity index (χ1) is 5.87. The number of nitrogens with two attached hydrogens (primary N) is 1. The van der Waals surface area contributed by atoms with E-state index >= 15 is 0 Å². The molecule has 0 saturated heterocycles. The summed E-state index contributed by atoms with van der Waals surface area (Å²) in [6, 6.07) is -0.509. The molecular formula is C8H17NO2S2. The Balaban J connectivity index is 3.59. The third-order valence-electron chi connectivity index (χ3n) is 1.06. The number of hydrogen-bond donors (Lipinski definition) is 1. The van der Waals surface area contributed by atoms with Gasteiger partial charge >= 0.3 is 5.97 Å². The van der Waals surface area contributed by atoms with Crippen molar-refractivity contribution in [2.45, 2.75) is 31.6 Å². The van der Waals surface area contributed by atoms with Crippen molar-refractivity contribution in [1.82, 2.24) is 0 Å². The van der Waals surface area contributed by atoms with Gasteiger partial charge in [0.15, 0.2) is 0 Å². The van der Waals surface area contributed by atoms with Crippen molar-refractivity contribution in [3.05, 3.63) is 0 Å². The number of ether oxygens (including phenoxy) is 1. The summed E-state index contributed by atoms with van der Waals surface area (Å²) in [5.41, 5.74) is 5.55. The molecule has 0 saturated carbocycles. The summed E-state index contributed by atoms with van der Waals surface area (Å²) in [6.45, 7) is 6.36. The molecule has 0 bridgehead atoms. The highest BCUT2D eigenvalue weighted by molar-refractivity contribution is 8.77. The molecule has 1 atom stereocenters. The molecule has 0 aliphatic rings. The van der Waals surface area contributed by atoms with E-state index in [1.54, 1.807) is 21.6 Å². The molecule has 0 aromatic carbocycles. The van der Waals surface area contributed by atoms with Crippen LogP contribution in [0, 0.1) is 0 Å². The third-order valence-corrected chi connectivity index (χ3v) is 4.44. The predicted molar refractivity (Wildman–Crippen MR) is 59.8 cm³/mol. The first-order valence-electron chi connectivity index (χ1n) is 4.01. The van der Waals surface area contributed by atoms with Crippen molar-refractivity contribution in [3.63, 3.8) is 0 Å². The van der Waals surface area contributed by atoms with Gasteiger partial charge in [-0.05, 0) is 0 Å². The summed E-state index contributed by atoms with van der Waals surface area (Å²) in [5.74, 6) is 0.247. The van der Waals surface area contributed by atoms with Crippen LogP contribution in [0.2, 0.25) is 0 Å². The standard InChI is InChI=1S/C8H17NO2S2/c1-8(2,3)13-12-5-6(9)7(10)11-4/h6H,5,9H2,1-4H3/t6-/m0/s1. The fraction of sp³-hybridized carbons (Fsp3) is 0.875. The van der Waals surface area contributed by atoms with E-state index in [1.165, 1.54) is 7.11 Å². The lowest BCUT2D eigenvalue weighted by atomic mass is 10.3. The van der Waals surface area contributed by atoms with Crippen molar-refractivity contribution in [1.29, 1.82) is 0 Å². The maximum absolute atomic E-state index is 10.9. The van der Waals surface area contributed by atoms with Crippen molar-refractivity contribution in [3.8, 4) is 0 Å². The van der Waals surface area contributed by atoms with Crippen LogP contribution < -0.4 is 5.73 Å². The van der Waals surface area contributed by atoms with Gasteiger partial charge in [-0.25, -0.2) is 0 Å². The third kappa shape index (κ3) is 7.22. The lowest BCUT2D eigenvalue weighted by molar-refractivity contribution is -0.141. The van der Waals surface area contributed by atoms with E-state index in [1.807, 2.05) is 0 Å². The van der Waals surface area contributed by atoms with Gasteiger partial charge in [0, 0.05) is 10.5 Å². The second-order valence-corrected chi connectivity index (χ2v) is 6.78. The van der Waals surface area contributed by atoms with Crippen molar-refractivity contribution < 1.29 is 9.53 Å². The van der Waals surface area contributed by atoms with Crippen molar-refractivity contribution >= 4 is 27.6 Å². The molecule has 0 aromatic heterocycles. The zero-order chi connectivity index (χ0) is 10.5. The summed E-state index contributed by atoms with van der Waals surface area (Å²) < 4.78 is 4.70. The van der Waals surface area contributed by atoms with Gasteiger partial charge in [0.05, 0.1) is 7.11 Å². The zero-order valence-electron chi connectivity index (χ0n) is 8.49. The summed E-state index contributed by atoms with van der Waals surface area (Å²) >= 11 is 0. The lowest BCUT2D eigenvalue weighted by Gasteiger charge is -2.17. The normalized spacial score (nSPS) is 13.9. The van der Waals surface area contributed by atoms with Crippen molar-refractivity contribution in [2.75, 3.05) is 12.9 Å². The molecule has 0 heterocycles. The number of carbonyl (C=O) groups excluding carboxylic acids is 1. The van der Waals surface area contributed by atoms with Crippen LogP contribution in [0.1, 0.15) is 20.8 Å².